The van der Waals surface area contributed by atoms with Crippen molar-refractivity contribution in [2.24, 2.45) is 0 Å². The van der Waals surface area contributed by atoms with Gasteiger partial charge in [0.05, 0.1) is 0 Å². The largest absolute Gasteiger partial charge is 0.484 e. The molecule has 0 aliphatic carbocycles. The molecule has 2 amide bonds. The molecule has 138 valence electrons. The van der Waals surface area contributed by atoms with E-state index in [-0.39, 0.29) is 18.4 Å². The Morgan fingerprint density at radius 3 is 2.08 bits per heavy atom. The molecule has 0 spiro atoms. The van der Waals surface area contributed by atoms with Crippen LogP contribution in [0.15, 0.2) is 48.5 Å². The van der Waals surface area contributed by atoms with Gasteiger partial charge in [-0.15, -0.1) is 0 Å². The summed E-state index contributed by atoms with van der Waals surface area (Å²) in [6, 6.07) is 14.6. The Morgan fingerprint density at radius 2 is 1.54 bits per heavy atom. The van der Waals surface area contributed by atoms with Gasteiger partial charge in [-0.3, -0.25) is 9.59 Å². The molecule has 5 nitrogen and oxygen atoms in total. The first-order valence-electron chi connectivity index (χ1n) is 8.98. The zero-order chi connectivity index (χ0) is 18.9. The average molecular weight is 354 g/mol. The van der Waals surface area contributed by atoms with E-state index in [1.807, 2.05) is 38.1 Å². The minimum atomic E-state index is -0.243. The van der Waals surface area contributed by atoms with Gasteiger partial charge in [-0.25, -0.2) is 0 Å². The van der Waals surface area contributed by atoms with E-state index in [1.54, 1.807) is 29.2 Å². The Hall–Kier alpha value is -2.82. The molecule has 2 aromatic rings. The number of hydrogen-bond donors (Lipinski definition) is 1. The van der Waals surface area contributed by atoms with Crippen molar-refractivity contribution in [3.8, 4) is 5.75 Å². The SMILES string of the molecule is CCc1ccc(OCC(=O)Nc2ccc(C(=O)N(CC)CC)cc2)cc1. The first-order valence-corrected chi connectivity index (χ1v) is 8.98. The van der Waals surface area contributed by atoms with Gasteiger partial charge in [-0.1, -0.05) is 19.1 Å². The van der Waals surface area contributed by atoms with Crippen LogP contribution in [0.2, 0.25) is 0 Å². The first-order chi connectivity index (χ1) is 12.6. The molecular formula is C21H26N2O3. The molecule has 0 saturated heterocycles. The highest BCUT2D eigenvalue weighted by Crippen LogP contribution is 2.14. The second-order valence-electron chi connectivity index (χ2n) is 5.89. The van der Waals surface area contributed by atoms with Crippen molar-refractivity contribution in [2.75, 3.05) is 25.0 Å². The van der Waals surface area contributed by atoms with Gasteiger partial charge in [-0.05, 0) is 62.2 Å². The van der Waals surface area contributed by atoms with Crippen LogP contribution in [0.1, 0.15) is 36.7 Å². The number of rotatable bonds is 8. The van der Waals surface area contributed by atoms with E-state index < -0.39 is 0 Å². The molecule has 2 rings (SSSR count). The van der Waals surface area contributed by atoms with Crippen molar-refractivity contribution < 1.29 is 14.3 Å². The standard InChI is InChI=1S/C21H26N2O3/c1-4-16-7-13-19(14-8-16)26-15-20(24)22-18-11-9-17(10-12-18)21(25)23(5-2)6-3/h7-14H,4-6,15H2,1-3H3,(H,22,24). The van der Waals surface area contributed by atoms with Crippen LogP contribution >= 0.6 is 0 Å². The van der Waals surface area contributed by atoms with Gasteiger partial charge in [0.25, 0.3) is 11.8 Å². The Labute approximate surface area is 155 Å². The molecule has 0 aliphatic rings. The summed E-state index contributed by atoms with van der Waals surface area (Å²) in [6.07, 6.45) is 0.966. The Kier molecular flexibility index (Phi) is 7.21. The number of carbonyl (C=O) groups excluding carboxylic acids is 2. The van der Waals surface area contributed by atoms with Gasteiger partial charge in [0, 0.05) is 24.3 Å². The number of nitrogens with zero attached hydrogens (tertiary/aromatic N) is 1. The molecule has 0 aliphatic heterocycles. The quantitative estimate of drug-likeness (QED) is 0.785. The van der Waals surface area contributed by atoms with Crippen molar-refractivity contribution in [3.63, 3.8) is 0 Å². The fourth-order valence-corrected chi connectivity index (χ4v) is 2.56. The van der Waals surface area contributed by atoms with Crippen LogP contribution in [0, 0.1) is 0 Å². The summed E-state index contributed by atoms with van der Waals surface area (Å²) < 4.78 is 5.49. The summed E-state index contributed by atoms with van der Waals surface area (Å²) in [5.41, 5.74) is 2.47. The number of benzene rings is 2. The molecule has 0 heterocycles. The molecular weight excluding hydrogens is 328 g/mol. The molecule has 0 aromatic heterocycles. The number of nitrogens with one attached hydrogen (secondary N) is 1. The van der Waals surface area contributed by atoms with Gasteiger partial charge in [0.2, 0.25) is 0 Å². The minimum Gasteiger partial charge on any atom is -0.484 e. The normalized spacial score (nSPS) is 10.3. The van der Waals surface area contributed by atoms with Gasteiger partial charge in [0.15, 0.2) is 6.61 Å². The molecule has 0 fully saturated rings. The lowest BCUT2D eigenvalue weighted by Crippen LogP contribution is -2.30. The zero-order valence-electron chi connectivity index (χ0n) is 15.6. The summed E-state index contributed by atoms with van der Waals surface area (Å²) in [5.74, 6) is 0.414. The van der Waals surface area contributed by atoms with Crippen molar-refractivity contribution in [1.29, 1.82) is 0 Å². The summed E-state index contributed by atoms with van der Waals surface area (Å²) in [6.45, 7) is 7.27. The van der Waals surface area contributed by atoms with Gasteiger partial charge >= 0.3 is 0 Å². The number of anilines is 1. The van der Waals surface area contributed by atoms with Crippen LogP contribution in [0.3, 0.4) is 0 Å². The van der Waals surface area contributed by atoms with E-state index in [2.05, 4.69) is 12.2 Å². The highest BCUT2D eigenvalue weighted by Gasteiger charge is 2.12. The summed E-state index contributed by atoms with van der Waals surface area (Å²) in [7, 11) is 0. The third kappa shape index (κ3) is 5.34. The number of aryl methyl sites for hydroxylation is 1. The average Bonchev–Trinajstić information content (AvgIpc) is 2.68. The van der Waals surface area contributed by atoms with E-state index in [0.29, 0.717) is 30.1 Å². The molecule has 1 N–H and O–H groups in total. The lowest BCUT2D eigenvalue weighted by Gasteiger charge is -2.18. The third-order valence-electron chi connectivity index (χ3n) is 4.17. The van der Waals surface area contributed by atoms with Gasteiger partial charge < -0.3 is 15.0 Å². The molecule has 5 heteroatoms. The van der Waals surface area contributed by atoms with Crippen LogP contribution in [-0.4, -0.2) is 36.4 Å². The number of hydrogen-bond acceptors (Lipinski definition) is 3. The topological polar surface area (TPSA) is 58.6 Å². The fraction of sp³-hybridized carbons (Fsp3) is 0.333. The Morgan fingerprint density at radius 1 is 0.923 bits per heavy atom. The van der Waals surface area contributed by atoms with E-state index in [9.17, 15) is 9.59 Å². The van der Waals surface area contributed by atoms with Crippen LogP contribution in [0.25, 0.3) is 0 Å². The molecule has 0 radical (unpaired) electrons. The van der Waals surface area contributed by atoms with Crippen LogP contribution in [0.4, 0.5) is 5.69 Å². The fourth-order valence-electron chi connectivity index (χ4n) is 2.56. The molecule has 0 unspecified atom stereocenters. The van der Waals surface area contributed by atoms with Crippen molar-refractivity contribution in [2.45, 2.75) is 27.2 Å². The van der Waals surface area contributed by atoms with E-state index in [1.165, 1.54) is 5.56 Å². The van der Waals surface area contributed by atoms with Gasteiger partial charge in [-0.2, -0.15) is 0 Å². The second-order valence-corrected chi connectivity index (χ2v) is 5.89. The molecule has 0 atom stereocenters. The summed E-state index contributed by atoms with van der Waals surface area (Å²) in [4.78, 5) is 26.0. The van der Waals surface area contributed by atoms with Crippen LogP contribution in [0.5, 0.6) is 5.75 Å². The monoisotopic (exact) mass is 354 g/mol. The smallest absolute Gasteiger partial charge is 0.262 e. The maximum atomic E-state index is 12.3. The lowest BCUT2D eigenvalue weighted by molar-refractivity contribution is -0.118. The van der Waals surface area contributed by atoms with Crippen LogP contribution < -0.4 is 10.1 Å². The zero-order valence-corrected chi connectivity index (χ0v) is 15.6. The van der Waals surface area contributed by atoms with Crippen molar-refractivity contribution in [3.05, 3.63) is 59.7 Å². The molecule has 2 aromatic carbocycles. The van der Waals surface area contributed by atoms with Gasteiger partial charge in [0.1, 0.15) is 5.75 Å². The predicted octanol–water partition coefficient (Wildman–Crippen LogP) is 3.75. The van der Waals surface area contributed by atoms with Crippen molar-refractivity contribution in [1.82, 2.24) is 4.90 Å². The summed E-state index contributed by atoms with van der Waals surface area (Å²) >= 11 is 0. The lowest BCUT2D eigenvalue weighted by atomic mass is 10.1. The Bertz CT molecular complexity index is 720. The maximum Gasteiger partial charge on any atom is 0.262 e. The Balaban J connectivity index is 1.87. The third-order valence-corrected chi connectivity index (χ3v) is 4.17. The second kappa shape index (κ2) is 9.61. The first kappa shape index (κ1) is 19.5. The minimum absolute atomic E-state index is 0.00765. The molecule has 0 bridgehead atoms. The number of carbonyl (C=O) groups is 2. The van der Waals surface area contributed by atoms with E-state index >= 15 is 0 Å². The number of amides is 2. The van der Waals surface area contributed by atoms with E-state index in [0.717, 1.165) is 6.42 Å². The number of ether oxygens (including phenoxy) is 1. The predicted molar refractivity (Wildman–Crippen MR) is 104 cm³/mol. The molecule has 26 heavy (non-hydrogen) atoms. The highest BCUT2D eigenvalue weighted by molar-refractivity contribution is 5.96. The highest BCUT2D eigenvalue weighted by atomic mass is 16.5. The maximum absolute atomic E-state index is 12.3. The molecule has 0 saturated carbocycles. The summed E-state index contributed by atoms with van der Waals surface area (Å²) in [5, 5.41) is 2.77. The van der Waals surface area contributed by atoms with Crippen molar-refractivity contribution >= 4 is 17.5 Å². The van der Waals surface area contributed by atoms with Crippen LogP contribution in [-0.2, 0) is 11.2 Å². The van der Waals surface area contributed by atoms with E-state index in [4.69, 9.17) is 4.74 Å².